The maximum absolute atomic E-state index is 10.1. The summed E-state index contributed by atoms with van der Waals surface area (Å²) < 4.78 is 0. The van der Waals surface area contributed by atoms with E-state index in [9.17, 15) is 5.11 Å². The van der Waals surface area contributed by atoms with Crippen molar-refractivity contribution in [3.8, 4) is 0 Å². The Morgan fingerprint density at radius 3 is 2.67 bits per heavy atom. The fourth-order valence-corrected chi connectivity index (χ4v) is 1.88. The van der Waals surface area contributed by atoms with E-state index in [1.165, 1.54) is 0 Å². The first-order valence-electron chi connectivity index (χ1n) is 6.35. The first-order valence-corrected chi connectivity index (χ1v) is 6.72. The van der Waals surface area contributed by atoms with Gasteiger partial charge in [-0.05, 0) is 13.3 Å². The molecular formula is C13H22ClN3O. The molecule has 18 heavy (non-hydrogen) atoms. The fraction of sp³-hybridized carbons (Fsp3) is 0.692. The summed E-state index contributed by atoms with van der Waals surface area (Å²) in [5.41, 5.74) is -0.732. The van der Waals surface area contributed by atoms with Crippen LogP contribution in [0.4, 0.5) is 5.82 Å². The van der Waals surface area contributed by atoms with Gasteiger partial charge in [0.2, 0.25) is 0 Å². The molecule has 4 nitrogen and oxygen atoms in total. The van der Waals surface area contributed by atoms with Crippen LogP contribution in [0.1, 0.15) is 52.3 Å². The van der Waals surface area contributed by atoms with Crippen LogP contribution in [0.15, 0.2) is 6.07 Å². The van der Waals surface area contributed by atoms with Crippen LogP contribution in [0.5, 0.6) is 0 Å². The van der Waals surface area contributed by atoms with Gasteiger partial charge in [-0.1, -0.05) is 38.8 Å². The summed E-state index contributed by atoms with van der Waals surface area (Å²) >= 11 is 5.95. The molecule has 0 radical (unpaired) electrons. The average molecular weight is 272 g/mol. The molecule has 5 heteroatoms. The van der Waals surface area contributed by atoms with E-state index >= 15 is 0 Å². The summed E-state index contributed by atoms with van der Waals surface area (Å²) in [6, 6.07) is 1.68. The summed E-state index contributed by atoms with van der Waals surface area (Å²) in [4.78, 5) is 8.54. The summed E-state index contributed by atoms with van der Waals surface area (Å²) in [5, 5.41) is 13.6. The zero-order chi connectivity index (χ0) is 13.8. The van der Waals surface area contributed by atoms with Crippen molar-refractivity contribution in [1.29, 1.82) is 0 Å². The van der Waals surface area contributed by atoms with Crippen molar-refractivity contribution < 1.29 is 5.11 Å². The number of hydrogen-bond acceptors (Lipinski definition) is 4. The zero-order valence-electron chi connectivity index (χ0n) is 11.5. The van der Waals surface area contributed by atoms with Gasteiger partial charge in [-0.2, -0.15) is 0 Å². The Hall–Kier alpha value is -0.870. The molecule has 0 aliphatic rings. The molecule has 1 aromatic heterocycles. The van der Waals surface area contributed by atoms with Gasteiger partial charge in [-0.3, -0.25) is 0 Å². The quantitative estimate of drug-likeness (QED) is 0.780. The lowest BCUT2D eigenvalue weighted by atomic mass is 10.0. The average Bonchev–Trinajstić information content (AvgIpc) is 2.26. The Balaban J connectivity index is 2.73. The second-order valence-corrected chi connectivity index (χ2v) is 5.58. The second kappa shape index (κ2) is 6.34. The topological polar surface area (TPSA) is 58.0 Å². The van der Waals surface area contributed by atoms with E-state index < -0.39 is 5.60 Å². The summed E-state index contributed by atoms with van der Waals surface area (Å²) in [5.74, 6) is 1.59. The van der Waals surface area contributed by atoms with E-state index in [2.05, 4.69) is 15.3 Å². The van der Waals surface area contributed by atoms with Gasteiger partial charge in [0.05, 0.1) is 5.60 Å². The van der Waals surface area contributed by atoms with E-state index in [4.69, 9.17) is 11.6 Å². The third-order valence-corrected chi connectivity index (χ3v) is 2.86. The minimum Gasteiger partial charge on any atom is -0.388 e. The first kappa shape index (κ1) is 15.2. The SMILES string of the molecule is CCCC(C)(O)CNc1cc(Cl)nc(C(C)C)n1. The third kappa shape index (κ3) is 4.78. The maximum atomic E-state index is 10.1. The Labute approximate surface area is 114 Å². The van der Waals surface area contributed by atoms with Gasteiger partial charge in [0, 0.05) is 18.5 Å². The highest BCUT2D eigenvalue weighted by Gasteiger charge is 2.19. The van der Waals surface area contributed by atoms with Gasteiger partial charge in [0.15, 0.2) is 0 Å². The molecule has 0 bridgehead atoms. The molecule has 1 atom stereocenters. The van der Waals surface area contributed by atoms with Crippen molar-refractivity contribution in [2.75, 3.05) is 11.9 Å². The van der Waals surface area contributed by atoms with E-state index in [1.54, 1.807) is 6.07 Å². The Morgan fingerprint density at radius 2 is 2.11 bits per heavy atom. The number of nitrogens with zero attached hydrogens (tertiary/aromatic N) is 2. The highest BCUT2D eigenvalue weighted by molar-refractivity contribution is 6.29. The number of hydrogen-bond donors (Lipinski definition) is 2. The van der Waals surface area contributed by atoms with Gasteiger partial charge in [0.1, 0.15) is 16.8 Å². The lowest BCUT2D eigenvalue weighted by Crippen LogP contribution is -2.33. The second-order valence-electron chi connectivity index (χ2n) is 5.19. The smallest absolute Gasteiger partial charge is 0.135 e. The van der Waals surface area contributed by atoms with E-state index in [0.29, 0.717) is 23.3 Å². The largest absolute Gasteiger partial charge is 0.388 e. The molecule has 0 saturated carbocycles. The van der Waals surface area contributed by atoms with Crippen molar-refractivity contribution in [3.63, 3.8) is 0 Å². The minimum atomic E-state index is -0.732. The normalized spacial score (nSPS) is 14.6. The van der Waals surface area contributed by atoms with Crippen molar-refractivity contribution in [2.45, 2.75) is 52.1 Å². The van der Waals surface area contributed by atoms with Crippen LogP contribution in [0.2, 0.25) is 5.15 Å². The van der Waals surface area contributed by atoms with Crippen LogP contribution in [0.3, 0.4) is 0 Å². The number of nitrogens with one attached hydrogen (secondary N) is 1. The number of aromatic nitrogens is 2. The number of halogens is 1. The molecule has 0 aliphatic heterocycles. The number of rotatable bonds is 6. The maximum Gasteiger partial charge on any atom is 0.135 e. The molecule has 1 rings (SSSR count). The first-order chi connectivity index (χ1) is 8.34. The monoisotopic (exact) mass is 271 g/mol. The molecule has 0 amide bonds. The Kier molecular flexibility index (Phi) is 5.35. The Bertz CT molecular complexity index is 394. The van der Waals surface area contributed by atoms with Crippen molar-refractivity contribution in [3.05, 3.63) is 17.0 Å². The fourth-order valence-electron chi connectivity index (χ4n) is 1.69. The molecule has 0 aromatic carbocycles. The zero-order valence-corrected chi connectivity index (χ0v) is 12.3. The van der Waals surface area contributed by atoms with Crippen LogP contribution < -0.4 is 5.32 Å². The molecule has 1 unspecified atom stereocenters. The van der Waals surface area contributed by atoms with Crippen LogP contribution >= 0.6 is 11.6 Å². The highest BCUT2D eigenvalue weighted by Crippen LogP contribution is 2.18. The standard InChI is InChI=1S/C13H22ClN3O/c1-5-6-13(4,18)8-15-11-7-10(14)16-12(17-11)9(2)3/h7,9,18H,5-6,8H2,1-4H3,(H,15,16,17). The van der Waals surface area contributed by atoms with Gasteiger partial charge in [-0.25, -0.2) is 9.97 Å². The predicted molar refractivity (Wildman–Crippen MR) is 75.2 cm³/mol. The van der Waals surface area contributed by atoms with E-state index in [0.717, 1.165) is 12.8 Å². The van der Waals surface area contributed by atoms with Crippen LogP contribution in [0, 0.1) is 0 Å². The van der Waals surface area contributed by atoms with Crippen LogP contribution in [-0.2, 0) is 0 Å². The molecular weight excluding hydrogens is 250 g/mol. The van der Waals surface area contributed by atoms with Gasteiger partial charge in [-0.15, -0.1) is 0 Å². The molecule has 1 aromatic rings. The predicted octanol–water partition coefficient (Wildman–Crippen LogP) is 3.22. The highest BCUT2D eigenvalue weighted by atomic mass is 35.5. The Morgan fingerprint density at radius 1 is 1.44 bits per heavy atom. The molecule has 0 spiro atoms. The third-order valence-electron chi connectivity index (χ3n) is 2.67. The summed E-state index contributed by atoms with van der Waals surface area (Å²) in [6.07, 6.45) is 1.69. The molecule has 1 heterocycles. The van der Waals surface area contributed by atoms with E-state index in [-0.39, 0.29) is 5.92 Å². The van der Waals surface area contributed by atoms with Crippen molar-refractivity contribution in [1.82, 2.24) is 9.97 Å². The van der Waals surface area contributed by atoms with Crippen molar-refractivity contribution >= 4 is 17.4 Å². The molecule has 0 saturated heterocycles. The van der Waals surface area contributed by atoms with Crippen molar-refractivity contribution in [2.24, 2.45) is 0 Å². The lowest BCUT2D eigenvalue weighted by Gasteiger charge is -2.23. The van der Waals surface area contributed by atoms with Gasteiger partial charge in [0.25, 0.3) is 0 Å². The van der Waals surface area contributed by atoms with Gasteiger partial charge >= 0.3 is 0 Å². The number of aliphatic hydroxyl groups is 1. The minimum absolute atomic E-state index is 0.223. The lowest BCUT2D eigenvalue weighted by molar-refractivity contribution is 0.0636. The molecule has 0 aliphatic carbocycles. The summed E-state index contributed by atoms with van der Waals surface area (Å²) in [6.45, 7) is 8.35. The molecule has 2 N–H and O–H groups in total. The summed E-state index contributed by atoms with van der Waals surface area (Å²) in [7, 11) is 0. The van der Waals surface area contributed by atoms with Gasteiger partial charge < -0.3 is 10.4 Å². The molecule has 0 fully saturated rings. The number of anilines is 1. The van der Waals surface area contributed by atoms with Crippen LogP contribution in [-0.4, -0.2) is 27.2 Å². The molecule has 102 valence electrons. The van der Waals surface area contributed by atoms with E-state index in [1.807, 2.05) is 27.7 Å². The van der Waals surface area contributed by atoms with Crippen LogP contribution in [0.25, 0.3) is 0 Å².